The molecule has 3 nitrogen and oxygen atoms in total. The fourth-order valence-electron chi connectivity index (χ4n) is 5.08. The molecule has 0 spiro atoms. The van der Waals surface area contributed by atoms with Gasteiger partial charge in [0.1, 0.15) is 0 Å². The molecule has 0 radical (unpaired) electrons. The Morgan fingerprint density at radius 3 is 2.38 bits per heavy atom. The second-order valence-electron chi connectivity index (χ2n) is 7.10. The lowest BCUT2D eigenvalue weighted by Gasteiger charge is -2.24. The summed E-state index contributed by atoms with van der Waals surface area (Å²) in [6.45, 7) is 2.95. The average Bonchev–Trinajstić information content (AvgIpc) is 2.93. The highest BCUT2D eigenvalue weighted by atomic mass is 16.2. The van der Waals surface area contributed by atoms with Crippen molar-refractivity contribution in [2.24, 2.45) is 29.6 Å². The van der Waals surface area contributed by atoms with Gasteiger partial charge in [0.2, 0.25) is 5.91 Å². The van der Waals surface area contributed by atoms with Crippen LogP contribution in [0.5, 0.6) is 0 Å². The number of nitrogens with two attached hydrogens (primary N) is 1. The molecule has 3 fully saturated rings. The van der Waals surface area contributed by atoms with Gasteiger partial charge in [0, 0.05) is 23.8 Å². The summed E-state index contributed by atoms with van der Waals surface area (Å²) in [6, 6.07) is 7.75. The number of carbonyl (C=O) groups excluding carboxylic acids is 1. The zero-order valence-electron chi connectivity index (χ0n) is 12.7. The first-order chi connectivity index (χ1) is 10.2. The molecule has 1 aromatic rings. The van der Waals surface area contributed by atoms with Crippen LogP contribution in [0.15, 0.2) is 24.3 Å². The summed E-state index contributed by atoms with van der Waals surface area (Å²) in [6.07, 6.45) is 5.12. The zero-order chi connectivity index (χ0) is 14.6. The van der Waals surface area contributed by atoms with Gasteiger partial charge < -0.3 is 10.6 Å². The Balaban J connectivity index is 1.55. The third-order valence-electron chi connectivity index (χ3n) is 5.94. The number of nitrogen functional groups attached to an aromatic ring is 1. The summed E-state index contributed by atoms with van der Waals surface area (Å²) in [5.74, 6) is 3.81. The highest BCUT2D eigenvalue weighted by Crippen LogP contribution is 2.69. The van der Waals surface area contributed by atoms with Crippen molar-refractivity contribution in [1.29, 1.82) is 0 Å². The molecule has 2 bridgehead atoms. The molecule has 0 saturated heterocycles. The summed E-state index contributed by atoms with van der Waals surface area (Å²) in [5.41, 5.74) is 7.53. The third-order valence-corrected chi connectivity index (χ3v) is 5.94. The molecule has 0 aliphatic heterocycles. The highest BCUT2D eigenvalue weighted by Gasteiger charge is 2.68. The number of hydrogen-bond donors (Lipinski definition) is 1. The van der Waals surface area contributed by atoms with E-state index >= 15 is 0 Å². The van der Waals surface area contributed by atoms with Crippen LogP contribution in [0.1, 0.15) is 32.6 Å². The molecule has 3 aliphatic carbocycles. The van der Waals surface area contributed by atoms with E-state index in [9.17, 15) is 4.79 Å². The van der Waals surface area contributed by atoms with Gasteiger partial charge in [-0.3, -0.25) is 4.79 Å². The number of carbonyl (C=O) groups is 1. The molecule has 1 aromatic carbocycles. The van der Waals surface area contributed by atoms with Gasteiger partial charge in [0.05, 0.1) is 0 Å². The topological polar surface area (TPSA) is 46.3 Å². The van der Waals surface area contributed by atoms with Crippen LogP contribution in [-0.2, 0) is 4.79 Å². The Labute approximate surface area is 126 Å². The molecule has 4 unspecified atom stereocenters. The maximum Gasteiger partial charge on any atom is 0.230 e. The maximum atomic E-state index is 13.0. The molecule has 0 aromatic heterocycles. The second-order valence-corrected chi connectivity index (χ2v) is 7.10. The standard InChI is InChI=1S/C18H24N2O/c1-2-9-20(14-7-5-13(19)6-8-14)18(21)17-15-11-3-4-12(10-11)16(15)17/h5-8,11-12,15-17H,2-4,9-10,19H2,1H3. The monoisotopic (exact) mass is 284 g/mol. The number of benzene rings is 1. The number of rotatable bonds is 4. The molecule has 4 rings (SSSR count). The lowest BCUT2D eigenvalue weighted by Crippen LogP contribution is -2.34. The van der Waals surface area contributed by atoms with Gasteiger partial charge in [-0.1, -0.05) is 6.92 Å². The minimum absolute atomic E-state index is 0.320. The second kappa shape index (κ2) is 4.75. The van der Waals surface area contributed by atoms with Crippen LogP contribution in [-0.4, -0.2) is 12.5 Å². The van der Waals surface area contributed by atoms with Gasteiger partial charge in [0.25, 0.3) is 0 Å². The molecule has 3 aliphatic rings. The predicted molar refractivity (Wildman–Crippen MR) is 84.8 cm³/mol. The third kappa shape index (κ3) is 1.97. The van der Waals surface area contributed by atoms with Gasteiger partial charge in [0.15, 0.2) is 0 Å². The molecule has 3 heteroatoms. The van der Waals surface area contributed by atoms with Crippen LogP contribution >= 0.6 is 0 Å². The quantitative estimate of drug-likeness (QED) is 0.862. The van der Waals surface area contributed by atoms with Gasteiger partial charge >= 0.3 is 0 Å². The summed E-state index contributed by atoms with van der Waals surface area (Å²) in [7, 11) is 0. The van der Waals surface area contributed by atoms with E-state index in [0.29, 0.717) is 23.7 Å². The van der Waals surface area contributed by atoms with E-state index in [1.54, 1.807) is 0 Å². The number of amides is 1. The van der Waals surface area contributed by atoms with Gasteiger partial charge in [-0.2, -0.15) is 0 Å². The fraction of sp³-hybridized carbons (Fsp3) is 0.611. The molecular weight excluding hydrogens is 260 g/mol. The fourth-order valence-corrected chi connectivity index (χ4v) is 5.08. The molecule has 21 heavy (non-hydrogen) atoms. The van der Waals surface area contributed by atoms with Crippen molar-refractivity contribution in [1.82, 2.24) is 0 Å². The first-order valence-electron chi connectivity index (χ1n) is 8.37. The van der Waals surface area contributed by atoms with E-state index in [1.807, 2.05) is 29.2 Å². The van der Waals surface area contributed by atoms with Crippen molar-refractivity contribution in [3.63, 3.8) is 0 Å². The van der Waals surface area contributed by atoms with E-state index in [0.717, 1.165) is 36.2 Å². The molecular formula is C18H24N2O. The molecule has 1 amide bonds. The summed E-state index contributed by atoms with van der Waals surface area (Å²) < 4.78 is 0. The first kappa shape index (κ1) is 13.2. The van der Waals surface area contributed by atoms with Crippen molar-refractivity contribution in [3.05, 3.63) is 24.3 Å². The number of nitrogens with zero attached hydrogens (tertiary/aromatic N) is 1. The van der Waals surface area contributed by atoms with Crippen LogP contribution in [0.2, 0.25) is 0 Å². The molecule has 3 saturated carbocycles. The minimum Gasteiger partial charge on any atom is -0.399 e. The van der Waals surface area contributed by atoms with E-state index < -0.39 is 0 Å². The van der Waals surface area contributed by atoms with Gasteiger partial charge in [-0.05, 0) is 73.6 Å². The summed E-state index contributed by atoms with van der Waals surface area (Å²) >= 11 is 0. The number of fused-ring (bicyclic) bond motifs is 5. The summed E-state index contributed by atoms with van der Waals surface area (Å²) in [5, 5.41) is 0. The Hall–Kier alpha value is -1.51. The summed E-state index contributed by atoms with van der Waals surface area (Å²) in [4.78, 5) is 15.0. The Bertz CT molecular complexity index is 537. The van der Waals surface area contributed by atoms with Crippen LogP contribution in [0.25, 0.3) is 0 Å². The minimum atomic E-state index is 0.320. The van der Waals surface area contributed by atoms with E-state index in [4.69, 9.17) is 5.73 Å². The van der Waals surface area contributed by atoms with E-state index in [2.05, 4.69) is 6.92 Å². The largest absolute Gasteiger partial charge is 0.399 e. The number of anilines is 2. The first-order valence-corrected chi connectivity index (χ1v) is 8.37. The van der Waals surface area contributed by atoms with Crippen LogP contribution in [0.3, 0.4) is 0 Å². The van der Waals surface area contributed by atoms with Crippen LogP contribution < -0.4 is 10.6 Å². The van der Waals surface area contributed by atoms with Crippen LogP contribution in [0, 0.1) is 29.6 Å². The Morgan fingerprint density at radius 2 is 1.81 bits per heavy atom. The van der Waals surface area contributed by atoms with Crippen molar-refractivity contribution < 1.29 is 4.79 Å². The SMILES string of the molecule is CCCN(C(=O)C1C2C3CCC(C3)C12)c1ccc(N)cc1. The molecule has 112 valence electrons. The zero-order valence-corrected chi connectivity index (χ0v) is 12.7. The van der Waals surface area contributed by atoms with Gasteiger partial charge in [-0.15, -0.1) is 0 Å². The lowest BCUT2D eigenvalue weighted by atomic mass is 10.0. The molecule has 4 atom stereocenters. The van der Waals surface area contributed by atoms with E-state index in [1.165, 1.54) is 19.3 Å². The highest BCUT2D eigenvalue weighted by molar-refractivity contribution is 5.97. The van der Waals surface area contributed by atoms with Gasteiger partial charge in [-0.25, -0.2) is 0 Å². The van der Waals surface area contributed by atoms with Crippen molar-refractivity contribution in [3.8, 4) is 0 Å². The Kier molecular flexibility index (Phi) is 2.98. The smallest absolute Gasteiger partial charge is 0.230 e. The predicted octanol–water partition coefficient (Wildman–Crippen LogP) is 3.30. The normalized spacial score (nSPS) is 35.6. The van der Waals surface area contributed by atoms with Crippen LogP contribution in [0.4, 0.5) is 11.4 Å². The maximum absolute atomic E-state index is 13.0. The van der Waals surface area contributed by atoms with Crippen molar-refractivity contribution in [2.45, 2.75) is 32.6 Å². The average molecular weight is 284 g/mol. The van der Waals surface area contributed by atoms with Crippen molar-refractivity contribution >= 4 is 17.3 Å². The molecule has 0 heterocycles. The van der Waals surface area contributed by atoms with Crippen molar-refractivity contribution in [2.75, 3.05) is 17.2 Å². The molecule has 2 N–H and O–H groups in total. The Morgan fingerprint density at radius 1 is 1.19 bits per heavy atom. The number of hydrogen-bond acceptors (Lipinski definition) is 2. The van der Waals surface area contributed by atoms with E-state index in [-0.39, 0.29) is 0 Å². The lowest BCUT2D eigenvalue weighted by molar-refractivity contribution is -0.120.